The Bertz CT molecular complexity index is 218. The summed E-state index contributed by atoms with van der Waals surface area (Å²) < 4.78 is 0. The maximum absolute atomic E-state index is 3.87. The van der Waals surface area contributed by atoms with E-state index in [0.29, 0.717) is 0 Å². The molecule has 14 heavy (non-hydrogen) atoms. The van der Waals surface area contributed by atoms with Crippen LogP contribution in [0.2, 0.25) is 0 Å². The molecule has 1 aliphatic rings. The molecule has 1 atom stereocenters. The molecule has 80 valence electrons. The van der Waals surface area contributed by atoms with Crippen molar-refractivity contribution in [3.8, 4) is 0 Å². The van der Waals surface area contributed by atoms with Crippen molar-refractivity contribution in [3.63, 3.8) is 0 Å². The van der Waals surface area contributed by atoms with Gasteiger partial charge in [0.05, 0.1) is 0 Å². The summed E-state index contributed by atoms with van der Waals surface area (Å²) in [6.07, 6.45) is 6.46. The van der Waals surface area contributed by atoms with Crippen molar-refractivity contribution >= 4 is 0 Å². The lowest BCUT2D eigenvalue weighted by Crippen LogP contribution is -2.06. The van der Waals surface area contributed by atoms with E-state index in [1.54, 1.807) is 0 Å². The second-order valence-corrected chi connectivity index (χ2v) is 3.78. The first-order chi connectivity index (χ1) is 6.70. The average Bonchev–Trinajstić information content (AvgIpc) is 2.63. The van der Waals surface area contributed by atoms with Crippen LogP contribution in [0.25, 0.3) is 0 Å². The van der Waals surface area contributed by atoms with Gasteiger partial charge in [0.1, 0.15) is 0 Å². The molecule has 0 amide bonds. The first-order valence-corrected chi connectivity index (χ1v) is 5.68. The van der Waals surface area contributed by atoms with E-state index < -0.39 is 0 Å². The van der Waals surface area contributed by atoms with Crippen LogP contribution in [-0.4, -0.2) is 0 Å². The number of hydrogen-bond donors (Lipinski definition) is 0. The van der Waals surface area contributed by atoms with E-state index >= 15 is 0 Å². The van der Waals surface area contributed by atoms with Crippen LogP contribution >= 0.6 is 0 Å². The average molecular weight is 192 g/mol. The van der Waals surface area contributed by atoms with Crippen LogP contribution in [0.5, 0.6) is 0 Å². The topological polar surface area (TPSA) is 0 Å². The molecule has 0 aromatic rings. The van der Waals surface area contributed by atoms with Gasteiger partial charge < -0.3 is 0 Å². The zero-order chi connectivity index (χ0) is 11.1. The Morgan fingerprint density at radius 3 is 2.14 bits per heavy atom. The molecule has 1 unspecified atom stereocenters. The minimum absolute atomic E-state index is 0.718. The van der Waals surface area contributed by atoms with E-state index in [1.165, 1.54) is 24.0 Å². The number of rotatable bonds is 3. The molecule has 0 aromatic heterocycles. The number of hydrogen-bond acceptors (Lipinski definition) is 0. The molecule has 0 saturated heterocycles. The zero-order valence-corrected chi connectivity index (χ0v) is 10.1. The van der Waals surface area contributed by atoms with Crippen LogP contribution in [0, 0.1) is 11.8 Å². The van der Waals surface area contributed by atoms with E-state index in [0.717, 1.165) is 11.8 Å². The predicted molar refractivity (Wildman–Crippen MR) is 66.3 cm³/mol. The molecule has 0 fully saturated rings. The van der Waals surface area contributed by atoms with Crippen LogP contribution in [0.4, 0.5) is 0 Å². The van der Waals surface area contributed by atoms with Crippen LogP contribution in [0.15, 0.2) is 36.5 Å². The Hall–Kier alpha value is -0.780. The lowest BCUT2D eigenvalue weighted by atomic mass is 9.89. The fraction of sp³-hybridized carbons (Fsp3) is 0.571. The lowest BCUT2D eigenvalue weighted by Gasteiger charge is -2.16. The molecule has 0 spiro atoms. The second-order valence-electron chi connectivity index (χ2n) is 3.78. The van der Waals surface area contributed by atoms with Gasteiger partial charge >= 0.3 is 0 Å². The van der Waals surface area contributed by atoms with Crippen LogP contribution in [0.1, 0.15) is 40.5 Å². The summed E-state index contributed by atoms with van der Waals surface area (Å²) in [5.74, 6) is 1.45. The monoisotopic (exact) mass is 192 g/mol. The van der Waals surface area contributed by atoms with Gasteiger partial charge in [-0.25, -0.2) is 0 Å². The van der Waals surface area contributed by atoms with Crippen LogP contribution in [0.3, 0.4) is 0 Å². The van der Waals surface area contributed by atoms with Crippen molar-refractivity contribution in [1.29, 1.82) is 0 Å². The maximum Gasteiger partial charge on any atom is -0.0133 e. The van der Waals surface area contributed by atoms with Gasteiger partial charge in [0, 0.05) is 0 Å². The van der Waals surface area contributed by atoms with Gasteiger partial charge in [-0.05, 0) is 35.8 Å². The summed E-state index contributed by atoms with van der Waals surface area (Å²) in [5, 5.41) is 0. The third-order valence-corrected chi connectivity index (χ3v) is 2.77. The van der Waals surface area contributed by atoms with Crippen molar-refractivity contribution in [3.05, 3.63) is 36.5 Å². The summed E-state index contributed by atoms with van der Waals surface area (Å²) in [5.41, 5.74) is 2.84. The molecular weight excluding hydrogens is 168 g/mol. The molecule has 0 aliphatic heterocycles. The summed E-state index contributed by atoms with van der Waals surface area (Å²) in [6.45, 7) is 16.3. The molecule has 0 nitrogen and oxygen atoms in total. The van der Waals surface area contributed by atoms with E-state index in [4.69, 9.17) is 0 Å². The fourth-order valence-electron chi connectivity index (χ4n) is 2.04. The summed E-state index contributed by atoms with van der Waals surface area (Å²) in [6, 6.07) is 0. The third kappa shape index (κ3) is 2.87. The van der Waals surface area contributed by atoms with Crippen molar-refractivity contribution in [2.75, 3.05) is 0 Å². The fourth-order valence-corrected chi connectivity index (χ4v) is 2.04. The van der Waals surface area contributed by atoms with Gasteiger partial charge in [0.15, 0.2) is 0 Å². The van der Waals surface area contributed by atoms with Crippen LogP contribution in [-0.2, 0) is 0 Å². The van der Waals surface area contributed by atoms with Gasteiger partial charge in [-0.3, -0.25) is 0 Å². The SMILES string of the molecule is C=CC1=C(C=C)C(C(C)C)CC1.CC. The molecule has 1 aliphatic carbocycles. The van der Waals surface area contributed by atoms with Gasteiger partial charge in [0.25, 0.3) is 0 Å². The van der Waals surface area contributed by atoms with Crippen molar-refractivity contribution in [1.82, 2.24) is 0 Å². The van der Waals surface area contributed by atoms with Crippen molar-refractivity contribution < 1.29 is 0 Å². The van der Waals surface area contributed by atoms with E-state index in [-0.39, 0.29) is 0 Å². The summed E-state index contributed by atoms with van der Waals surface area (Å²) in [4.78, 5) is 0. The highest BCUT2D eigenvalue weighted by molar-refractivity contribution is 5.37. The Labute approximate surface area is 89.4 Å². The molecule has 0 saturated carbocycles. The third-order valence-electron chi connectivity index (χ3n) is 2.77. The summed E-state index contributed by atoms with van der Waals surface area (Å²) >= 11 is 0. The summed E-state index contributed by atoms with van der Waals surface area (Å²) in [7, 11) is 0. The first-order valence-electron chi connectivity index (χ1n) is 5.68. The first kappa shape index (κ1) is 13.2. The molecule has 0 bridgehead atoms. The van der Waals surface area contributed by atoms with Crippen LogP contribution < -0.4 is 0 Å². The predicted octanol–water partition coefficient (Wildman–Crippen LogP) is 4.75. The quantitative estimate of drug-likeness (QED) is 0.605. The molecule has 0 N–H and O–H groups in total. The Balaban J connectivity index is 0.000000791. The van der Waals surface area contributed by atoms with E-state index in [1.807, 2.05) is 26.0 Å². The Morgan fingerprint density at radius 1 is 1.21 bits per heavy atom. The minimum Gasteiger partial charge on any atom is -0.0988 e. The van der Waals surface area contributed by atoms with Crippen molar-refractivity contribution in [2.45, 2.75) is 40.5 Å². The minimum atomic E-state index is 0.718. The van der Waals surface area contributed by atoms with E-state index in [9.17, 15) is 0 Å². The van der Waals surface area contributed by atoms with E-state index in [2.05, 4.69) is 27.0 Å². The molecule has 0 radical (unpaired) electrons. The molecule has 1 rings (SSSR count). The van der Waals surface area contributed by atoms with Gasteiger partial charge in [-0.2, -0.15) is 0 Å². The molecule has 0 heterocycles. The maximum atomic E-state index is 3.87. The molecular formula is C14H24. The van der Waals surface area contributed by atoms with Crippen molar-refractivity contribution in [2.24, 2.45) is 11.8 Å². The smallest absolute Gasteiger partial charge is 0.0133 e. The molecule has 0 aromatic carbocycles. The Morgan fingerprint density at radius 2 is 1.79 bits per heavy atom. The Kier molecular flexibility index (Phi) is 6.27. The lowest BCUT2D eigenvalue weighted by molar-refractivity contribution is 0.446. The zero-order valence-electron chi connectivity index (χ0n) is 10.1. The van der Waals surface area contributed by atoms with Gasteiger partial charge in [0.2, 0.25) is 0 Å². The highest BCUT2D eigenvalue weighted by atomic mass is 14.3. The second kappa shape index (κ2) is 6.64. The van der Waals surface area contributed by atoms with Gasteiger partial charge in [-0.15, -0.1) is 0 Å². The van der Waals surface area contributed by atoms with Gasteiger partial charge in [-0.1, -0.05) is 53.0 Å². The highest BCUT2D eigenvalue weighted by Crippen LogP contribution is 2.37. The largest absolute Gasteiger partial charge is 0.0988 e. The number of allylic oxidation sites excluding steroid dienone is 4. The normalized spacial score (nSPS) is 20.5. The molecule has 0 heteroatoms. The highest BCUT2D eigenvalue weighted by Gasteiger charge is 2.24. The standard InChI is InChI=1S/C12H18.C2H6/c1-5-10-7-8-12(9(3)4)11(10)6-2;1-2/h5-6,9,12H,1-2,7-8H2,3-4H3;1-2H3.